The minimum Gasteiger partial charge on any atom is -0.497 e. The highest BCUT2D eigenvalue weighted by Gasteiger charge is 2.14. The minimum atomic E-state index is -0.0821. The van der Waals surface area contributed by atoms with Gasteiger partial charge in [-0.1, -0.05) is 35.9 Å². The zero-order valence-corrected chi connectivity index (χ0v) is 19.1. The van der Waals surface area contributed by atoms with Gasteiger partial charge in [0.1, 0.15) is 11.5 Å². The van der Waals surface area contributed by atoms with Crippen LogP contribution in [0.25, 0.3) is 10.9 Å². The fourth-order valence-corrected chi connectivity index (χ4v) is 4.03. The summed E-state index contributed by atoms with van der Waals surface area (Å²) in [5.74, 6) is 1.40. The van der Waals surface area contributed by atoms with Crippen molar-refractivity contribution in [3.05, 3.63) is 88.6 Å². The van der Waals surface area contributed by atoms with Crippen molar-refractivity contribution in [3.8, 4) is 11.5 Å². The molecule has 3 aromatic carbocycles. The molecule has 0 unspecified atom stereocenters. The number of carbonyl (C=O) groups is 1. The Balaban J connectivity index is 1.62. The summed E-state index contributed by atoms with van der Waals surface area (Å²) in [6.45, 7) is 2.52. The van der Waals surface area contributed by atoms with Crippen LogP contribution >= 0.6 is 11.6 Å². The summed E-state index contributed by atoms with van der Waals surface area (Å²) in [5.41, 5.74) is 4.67. The number of anilines is 1. The number of nitrogens with one attached hydrogen (secondary N) is 1. The first-order valence-electron chi connectivity index (χ1n) is 10.3. The molecule has 0 aliphatic rings. The van der Waals surface area contributed by atoms with Crippen LogP contribution in [0.2, 0.25) is 5.02 Å². The topological polar surface area (TPSA) is 52.5 Å². The number of ether oxygens (including phenoxy) is 2. The number of methoxy groups -OCH3 is 2. The molecule has 1 heterocycles. The van der Waals surface area contributed by atoms with Gasteiger partial charge in [0.05, 0.1) is 20.6 Å². The summed E-state index contributed by atoms with van der Waals surface area (Å²) in [7, 11) is 3.28. The van der Waals surface area contributed by atoms with Gasteiger partial charge in [-0.25, -0.2) is 0 Å². The number of halogens is 1. The third-order valence-electron chi connectivity index (χ3n) is 5.53. The number of nitrogens with zero attached hydrogens (tertiary/aromatic N) is 1. The number of aromatic nitrogens is 1. The van der Waals surface area contributed by atoms with Crippen LogP contribution < -0.4 is 14.8 Å². The van der Waals surface area contributed by atoms with Crippen molar-refractivity contribution < 1.29 is 14.3 Å². The molecule has 0 radical (unpaired) electrons. The van der Waals surface area contributed by atoms with E-state index in [1.54, 1.807) is 14.2 Å². The summed E-state index contributed by atoms with van der Waals surface area (Å²) in [4.78, 5) is 12.8. The number of hydrogen-bond acceptors (Lipinski definition) is 3. The molecule has 164 valence electrons. The largest absolute Gasteiger partial charge is 0.497 e. The van der Waals surface area contributed by atoms with Gasteiger partial charge >= 0.3 is 0 Å². The van der Waals surface area contributed by atoms with Gasteiger partial charge in [-0.3, -0.25) is 4.79 Å². The fraction of sp³-hybridized carbons (Fsp3) is 0.192. The average Bonchev–Trinajstić information content (AvgIpc) is 3.13. The lowest BCUT2D eigenvalue weighted by molar-refractivity contribution is -0.115. The zero-order valence-electron chi connectivity index (χ0n) is 18.3. The molecule has 32 heavy (non-hydrogen) atoms. The van der Waals surface area contributed by atoms with Gasteiger partial charge in [-0.2, -0.15) is 0 Å². The molecule has 1 aromatic heterocycles. The lowest BCUT2D eigenvalue weighted by atomic mass is 10.1. The van der Waals surface area contributed by atoms with Crippen molar-refractivity contribution in [1.82, 2.24) is 4.57 Å². The van der Waals surface area contributed by atoms with E-state index in [2.05, 4.69) is 16.0 Å². The van der Waals surface area contributed by atoms with E-state index in [1.165, 1.54) is 0 Å². The van der Waals surface area contributed by atoms with Crippen molar-refractivity contribution in [2.75, 3.05) is 19.5 Å². The first-order valence-corrected chi connectivity index (χ1v) is 10.7. The number of carbonyl (C=O) groups excluding carboxylic acids is 1. The Hall–Kier alpha value is -3.44. The Morgan fingerprint density at radius 3 is 2.44 bits per heavy atom. The second-order valence-electron chi connectivity index (χ2n) is 7.66. The summed E-state index contributed by atoms with van der Waals surface area (Å²) in [6, 6.07) is 19.4. The van der Waals surface area contributed by atoms with Crippen molar-refractivity contribution in [2.24, 2.45) is 0 Å². The number of fused-ring (bicyclic) bond motifs is 1. The van der Waals surface area contributed by atoms with Crippen LogP contribution in [0.3, 0.4) is 0 Å². The third kappa shape index (κ3) is 4.58. The molecule has 0 aliphatic heterocycles. The van der Waals surface area contributed by atoms with Crippen molar-refractivity contribution in [1.29, 1.82) is 0 Å². The Labute approximate surface area is 192 Å². The van der Waals surface area contributed by atoms with Gasteiger partial charge < -0.3 is 19.4 Å². The fourth-order valence-electron chi connectivity index (χ4n) is 3.86. The first kappa shape index (κ1) is 21.8. The van der Waals surface area contributed by atoms with Crippen molar-refractivity contribution >= 4 is 34.1 Å². The van der Waals surface area contributed by atoms with Gasteiger partial charge in [-0.05, 0) is 53.9 Å². The van der Waals surface area contributed by atoms with Crippen LogP contribution in [0.15, 0.2) is 66.9 Å². The highest BCUT2D eigenvalue weighted by Crippen LogP contribution is 2.27. The van der Waals surface area contributed by atoms with Gasteiger partial charge in [-0.15, -0.1) is 0 Å². The Morgan fingerprint density at radius 1 is 1.00 bits per heavy atom. The lowest BCUT2D eigenvalue weighted by Crippen LogP contribution is -2.15. The molecular weight excluding hydrogens is 424 g/mol. The predicted molar refractivity (Wildman–Crippen MR) is 129 cm³/mol. The Kier molecular flexibility index (Phi) is 6.37. The monoisotopic (exact) mass is 448 g/mol. The second kappa shape index (κ2) is 9.37. The molecule has 0 saturated carbocycles. The summed E-state index contributed by atoms with van der Waals surface area (Å²) < 4.78 is 13.0. The van der Waals surface area contributed by atoms with E-state index in [1.807, 2.05) is 67.7 Å². The molecular formula is C26H25ClN2O3. The number of rotatable bonds is 7. The number of benzene rings is 3. The summed E-state index contributed by atoms with van der Waals surface area (Å²) >= 11 is 6.19. The van der Waals surface area contributed by atoms with Crippen molar-refractivity contribution in [2.45, 2.75) is 19.9 Å². The number of hydrogen-bond donors (Lipinski definition) is 1. The number of para-hydroxylation sites is 1. The van der Waals surface area contributed by atoms with Gasteiger partial charge in [0.15, 0.2) is 0 Å². The average molecular weight is 449 g/mol. The summed E-state index contributed by atoms with van der Waals surface area (Å²) in [6.07, 6.45) is 2.31. The maximum Gasteiger partial charge on any atom is 0.228 e. The Bertz CT molecular complexity index is 1260. The molecule has 1 N–H and O–H groups in total. The highest BCUT2D eigenvalue weighted by molar-refractivity contribution is 6.31. The second-order valence-corrected chi connectivity index (χ2v) is 8.06. The maximum absolute atomic E-state index is 12.8. The molecule has 0 atom stereocenters. The van der Waals surface area contributed by atoms with E-state index >= 15 is 0 Å². The number of amides is 1. The third-order valence-corrected chi connectivity index (χ3v) is 5.94. The molecule has 6 heteroatoms. The van der Waals surface area contributed by atoms with E-state index in [4.69, 9.17) is 21.1 Å². The van der Waals surface area contributed by atoms with E-state index in [9.17, 15) is 4.79 Å². The van der Waals surface area contributed by atoms with Crippen LogP contribution in [0, 0.1) is 6.92 Å². The van der Waals surface area contributed by atoms with E-state index in [0.717, 1.165) is 44.8 Å². The molecule has 1 amide bonds. The quantitative estimate of drug-likeness (QED) is 0.386. The van der Waals surface area contributed by atoms with Gasteiger partial charge in [0, 0.05) is 40.4 Å². The van der Waals surface area contributed by atoms with E-state index in [0.29, 0.717) is 11.6 Å². The van der Waals surface area contributed by atoms with Crippen LogP contribution in [0.1, 0.15) is 16.7 Å². The standard InChI is InChI=1S/C26H25ClN2O3/c1-17-23(27)8-6-9-24(17)28-26(30)13-19-16-29(25-10-5-4-7-22(19)25)15-18-11-20(31-2)14-21(12-18)32-3/h4-12,14,16H,13,15H2,1-3H3,(H,28,30). The van der Waals surface area contributed by atoms with Crippen LogP contribution in [0.4, 0.5) is 5.69 Å². The molecule has 5 nitrogen and oxygen atoms in total. The SMILES string of the molecule is COc1cc(Cn2cc(CC(=O)Nc3cccc(Cl)c3C)c3ccccc32)cc(OC)c1. The van der Waals surface area contributed by atoms with Crippen LogP contribution in [-0.4, -0.2) is 24.7 Å². The molecule has 0 spiro atoms. The maximum atomic E-state index is 12.8. The molecule has 0 aliphatic carbocycles. The smallest absolute Gasteiger partial charge is 0.228 e. The molecule has 0 fully saturated rings. The van der Waals surface area contributed by atoms with Gasteiger partial charge in [0.2, 0.25) is 5.91 Å². The van der Waals surface area contributed by atoms with Crippen LogP contribution in [-0.2, 0) is 17.8 Å². The van der Waals surface area contributed by atoms with E-state index < -0.39 is 0 Å². The molecule has 4 rings (SSSR count). The molecule has 4 aromatic rings. The normalized spacial score (nSPS) is 10.9. The highest BCUT2D eigenvalue weighted by atomic mass is 35.5. The predicted octanol–water partition coefficient (Wildman–Crippen LogP) is 5.85. The Morgan fingerprint density at radius 2 is 1.72 bits per heavy atom. The van der Waals surface area contributed by atoms with Crippen molar-refractivity contribution in [3.63, 3.8) is 0 Å². The first-order chi connectivity index (χ1) is 15.5. The zero-order chi connectivity index (χ0) is 22.7. The van der Waals surface area contributed by atoms with Crippen LogP contribution in [0.5, 0.6) is 11.5 Å². The van der Waals surface area contributed by atoms with E-state index in [-0.39, 0.29) is 12.3 Å². The molecule has 0 saturated heterocycles. The molecule has 0 bridgehead atoms. The summed E-state index contributed by atoms with van der Waals surface area (Å²) in [5, 5.41) is 4.68. The van der Waals surface area contributed by atoms with Gasteiger partial charge in [0.25, 0.3) is 0 Å². The lowest BCUT2D eigenvalue weighted by Gasteiger charge is -2.10. The minimum absolute atomic E-state index is 0.0821.